The smallest absolute Gasteiger partial charge is 0.338 e. The van der Waals surface area contributed by atoms with Gasteiger partial charge in [0.05, 0.1) is 18.6 Å². The summed E-state index contributed by atoms with van der Waals surface area (Å²) in [6, 6.07) is 11.8. The maximum absolute atomic E-state index is 13.2. The van der Waals surface area contributed by atoms with Gasteiger partial charge in [-0.3, -0.25) is 14.9 Å². The molecule has 1 saturated heterocycles. The summed E-state index contributed by atoms with van der Waals surface area (Å²) >= 11 is 0. The summed E-state index contributed by atoms with van der Waals surface area (Å²) in [5.41, 5.74) is 1.81. The minimum atomic E-state index is -0.858. The van der Waals surface area contributed by atoms with Crippen LogP contribution < -0.4 is 15.5 Å². The first kappa shape index (κ1) is 23.2. The van der Waals surface area contributed by atoms with Crippen molar-refractivity contribution in [2.45, 2.75) is 19.4 Å². The number of ether oxygens (including phenoxy) is 1. The van der Waals surface area contributed by atoms with Gasteiger partial charge in [0.15, 0.2) is 0 Å². The monoisotopic (exact) mass is 467 g/mol. The Morgan fingerprint density at radius 2 is 1.71 bits per heavy atom. The summed E-state index contributed by atoms with van der Waals surface area (Å²) in [4.78, 5) is 45.4. The van der Waals surface area contributed by atoms with Crippen molar-refractivity contribution in [2.75, 3.05) is 43.0 Å². The number of carbonyl (C=O) groups excluding carboxylic acids is 3. The summed E-state index contributed by atoms with van der Waals surface area (Å²) in [5.74, 6) is -1.00. The SMILES string of the molecule is CCOC(=O)c1ccc(NC(=O)[C@@H]2CC(=O)NC(N3CCN(c4ccc(F)cc4)CC3)=N2)cc1. The highest BCUT2D eigenvalue weighted by Gasteiger charge is 2.30. The Kier molecular flexibility index (Phi) is 7.05. The van der Waals surface area contributed by atoms with Crippen LogP contribution in [0.3, 0.4) is 0 Å². The van der Waals surface area contributed by atoms with Gasteiger partial charge in [-0.2, -0.15) is 0 Å². The molecule has 0 aromatic heterocycles. The fourth-order valence-electron chi connectivity index (χ4n) is 3.85. The van der Waals surface area contributed by atoms with Crippen LogP contribution in [-0.4, -0.2) is 67.5 Å². The zero-order valence-corrected chi connectivity index (χ0v) is 18.8. The number of hydrogen-bond donors (Lipinski definition) is 2. The van der Waals surface area contributed by atoms with Gasteiger partial charge in [-0.05, 0) is 55.5 Å². The molecular formula is C24H26FN5O4. The first-order chi connectivity index (χ1) is 16.4. The number of nitrogens with one attached hydrogen (secondary N) is 2. The molecule has 2 N–H and O–H groups in total. The quantitative estimate of drug-likeness (QED) is 0.652. The van der Waals surface area contributed by atoms with E-state index < -0.39 is 17.9 Å². The van der Waals surface area contributed by atoms with Crippen LogP contribution in [0.25, 0.3) is 0 Å². The lowest BCUT2D eigenvalue weighted by Crippen LogP contribution is -2.56. The van der Waals surface area contributed by atoms with Gasteiger partial charge in [0.1, 0.15) is 11.9 Å². The van der Waals surface area contributed by atoms with E-state index in [2.05, 4.69) is 20.5 Å². The summed E-state index contributed by atoms with van der Waals surface area (Å²) in [5, 5.41) is 5.52. The second-order valence-electron chi connectivity index (χ2n) is 7.96. The lowest BCUT2D eigenvalue weighted by Gasteiger charge is -2.38. The molecular weight excluding hydrogens is 441 g/mol. The molecule has 2 aromatic rings. The third kappa shape index (κ3) is 5.51. The molecule has 178 valence electrons. The molecule has 0 spiro atoms. The molecule has 2 aliphatic heterocycles. The van der Waals surface area contributed by atoms with Gasteiger partial charge >= 0.3 is 5.97 Å². The Morgan fingerprint density at radius 1 is 1.06 bits per heavy atom. The van der Waals surface area contributed by atoms with Crippen molar-refractivity contribution >= 4 is 35.1 Å². The molecule has 0 radical (unpaired) electrons. The van der Waals surface area contributed by atoms with Gasteiger partial charge in [-0.15, -0.1) is 0 Å². The van der Waals surface area contributed by atoms with Gasteiger partial charge in [0, 0.05) is 37.6 Å². The van der Waals surface area contributed by atoms with Gasteiger partial charge in [-0.25, -0.2) is 14.2 Å². The third-order valence-corrected chi connectivity index (χ3v) is 5.65. The van der Waals surface area contributed by atoms with Gasteiger partial charge < -0.3 is 19.9 Å². The summed E-state index contributed by atoms with van der Waals surface area (Å²) in [6.45, 7) is 4.55. The van der Waals surface area contributed by atoms with Crippen molar-refractivity contribution in [1.29, 1.82) is 0 Å². The number of rotatable bonds is 5. The van der Waals surface area contributed by atoms with Crippen LogP contribution in [0.5, 0.6) is 0 Å². The Bertz CT molecular complexity index is 1080. The molecule has 2 aromatic carbocycles. The average Bonchev–Trinajstić information content (AvgIpc) is 2.85. The number of guanidine groups is 1. The van der Waals surface area contributed by atoms with E-state index in [-0.39, 0.29) is 24.8 Å². The summed E-state index contributed by atoms with van der Waals surface area (Å²) in [7, 11) is 0. The second kappa shape index (κ2) is 10.3. The minimum Gasteiger partial charge on any atom is -0.462 e. The number of nitrogens with zero attached hydrogens (tertiary/aromatic N) is 3. The predicted octanol–water partition coefficient (Wildman–Crippen LogP) is 2.01. The maximum Gasteiger partial charge on any atom is 0.338 e. The third-order valence-electron chi connectivity index (χ3n) is 5.65. The molecule has 1 fully saturated rings. The molecule has 0 unspecified atom stereocenters. The average molecular weight is 468 g/mol. The second-order valence-corrected chi connectivity index (χ2v) is 7.96. The highest BCUT2D eigenvalue weighted by molar-refractivity contribution is 6.06. The van der Waals surface area contributed by atoms with Crippen molar-refractivity contribution in [3.63, 3.8) is 0 Å². The minimum absolute atomic E-state index is 0.0498. The Labute approximate surface area is 196 Å². The number of carbonyl (C=O) groups is 3. The Balaban J connectivity index is 1.37. The first-order valence-electron chi connectivity index (χ1n) is 11.1. The maximum atomic E-state index is 13.2. The summed E-state index contributed by atoms with van der Waals surface area (Å²) in [6.07, 6.45) is -0.0498. The first-order valence-corrected chi connectivity index (χ1v) is 11.1. The van der Waals surface area contributed by atoms with E-state index in [0.717, 1.165) is 5.69 Å². The number of anilines is 2. The van der Waals surface area contributed by atoms with Crippen molar-refractivity contribution in [2.24, 2.45) is 4.99 Å². The Hall–Kier alpha value is -3.95. The van der Waals surface area contributed by atoms with E-state index in [0.29, 0.717) is 43.4 Å². The number of amides is 2. The van der Waals surface area contributed by atoms with E-state index >= 15 is 0 Å². The van der Waals surface area contributed by atoms with Crippen LogP contribution in [0, 0.1) is 5.82 Å². The lowest BCUT2D eigenvalue weighted by atomic mass is 10.1. The molecule has 0 aliphatic carbocycles. The highest BCUT2D eigenvalue weighted by atomic mass is 19.1. The largest absolute Gasteiger partial charge is 0.462 e. The van der Waals surface area contributed by atoms with Crippen LogP contribution in [0.2, 0.25) is 0 Å². The molecule has 2 heterocycles. The van der Waals surface area contributed by atoms with Gasteiger partial charge in [-0.1, -0.05) is 0 Å². The lowest BCUT2D eigenvalue weighted by molar-refractivity contribution is -0.125. The molecule has 9 nitrogen and oxygen atoms in total. The van der Waals surface area contributed by atoms with Gasteiger partial charge in [0.25, 0.3) is 0 Å². The van der Waals surface area contributed by atoms with Crippen LogP contribution in [0.1, 0.15) is 23.7 Å². The topological polar surface area (TPSA) is 103 Å². The zero-order chi connectivity index (χ0) is 24.1. The normalized spacial score (nSPS) is 18.1. The molecule has 4 rings (SSSR count). The van der Waals surface area contributed by atoms with E-state index in [9.17, 15) is 18.8 Å². The standard InChI is InChI=1S/C24H26FN5O4/c1-2-34-23(33)16-3-7-18(8-4-16)26-22(32)20-15-21(31)28-24(27-20)30-13-11-29(12-14-30)19-9-5-17(25)6-10-19/h3-10,20H,2,11-15H2,1H3,(H,26,32)(H,27,28,31)/t20-/m0/s1. The highest BCUT2D eigenvalue weighted by Crippen LogP contribution is 2.18. The molecule has 1 atom stereocenters. The number of esters is 1. The number of hydrogen-bond acceptors (Lipinski definition) is 7. The Morgan fingerprint density at radius 3 is 2.35 bits per heavy atom. The van der Waals surface area contributed by atoms with Crippen LogP contribution in [0.15, 0.2) is 53.5 Å². The van der Waals surface area contributed by atoms with Gasteiger partial charge in [0.2, 0.25) is 17.8 Å². The van der Waals surface area contributed by atoms with Crippen molar-refractivity contribution < 1.29 is 23.5 Å². The zero-order valence-electron chi connectivity index (χ0n) is 18.8. The van der Waals surface area contributed by atoms with Crippen LogP contribution in [0.4, 0.5) is 15.8 Å². The summed E-state index contributed by atoms with van der Waals surface area (Å²) < 4.78 is 18.1. The number of aliphatic imine (C=N–C) groups is 1. The van der Waals surface area contributed by atoms with E-state index in [1.807, 2.05) is 4.90 Å². The van der Waals surface area contributed by atoms with E-state index in [1.54, 1.807) is 43.3 Å². The molecule has 2 amide bonds. The molecule has 34 heavy (non-hydrogen) atoms. The predicted molar refractivity (Wildman–Crippen MR) is 125 cm³/mol. The number of benzene rings is 2. The van der Waals surface area contributed by atoms with E-state index in [4.69, 9.17) is 4.74 Å². The van der Waals surface area contributed by atoms with Crippen molar-refractivity contribution in [3.8, 4) is 0 Å². The fourth-order valence-corrected chi connectivity index (χ4v) is 3.85. The number of halogens is 1. The van der Waals surface area contributed by atoms with Crippen LogP contribution >= 0.6 is 0 Å². The molecule has 0 bridgehead atoms. The molecule has 2 aliphatic rings. The molecule has 10 heteroatoms. The van der Waals surface area contributed by atoms with E-state index in [1.165, 1.54) is 12.1 Å². The number of piperazine rings is 1. The van der Waals surface area contributed by atoms with Crippen molar-refractivity contribution in [1.82, 2.24) is 10.2 Å². The van der Waals surface area contributed by atoms with Crippen LogP contribution in [-0.2, 0) is 14.3 Å². The molecule has 0 saturated carbocycles. The fraction of sp³-hybridized carbons (Fsp3) is 0.333. The van der Waals surface area contributed by atoms with Crippen molar-refractivity contribution in [3.05, 3.63) is 59.9 Å².